The number of likely N-dealkylation sites (tertiary alicyclic amines) is 2. The minimum Gasteiger partial charge on any atom is -0.337 e. The van der Waals surface area contributed by atoms with Gasteiger partial charge in [0.05, 0.1) is 17.6 Å². The Hall–Kier alpha value is -1.51. The molecular formula is C19H25N3OS. The van der Waals surface area contributed by atoms with Crippen molar-refractivity contribution < 1.29 is 4.79 Å². The first-order valence-electron chi connectivity index (χ1n) is 8.81. The molecule has 1 aromatic carbocycles. The number of hydrogen-bond donors (Lipinski definition) is 0. The smallest absolute Gasteiger partial charge is 0.232 e. The van der Waals surface area contributed by atoms with Gasteiger partial charge in [0.1, 0.15) is 0 Å². The van der Waals surface area contributed by atoms with E-state index < -0.39 is 0 Å². The Morgan fingerprint density at radius 2 is 1.92 bits per heavy atom. The van der Waals surface area contributed by atoms with Gasteiger partial charge in [0.2, 0.25) is 5.91 Å². The Labute approximate surface area is 148 Å². The fourth-order valence-electron chi connectivity index (χ4n) is 4.07. The molecule has 0 spiro atoms. The van der Waals surface area contributed by atoms with Crippen LogP contribution in [0.1, 0.15) is 31.2 Å². The molecule has 2 atom stereocenters. The van der Waals surface area contributed by atoms with E-state index in [2.05, 4.69) is 46.2 Å². The number of hydrogen-bond acceptors (Lipinski definition) is 4. The molecule has 1 aromatic rings. The van der Waals surface area contributed by atoms with Crippen molar-refractivity contribution in [2.75, 3.05) is 24.6 Å². The minimum absolute atomic E-state index is 0.212. The standard InChI is InChI=1S/C19H25N3OS/c20-10-13-24-15-19(23)22-12-5-9-18(22)17-8-4-11-21(17)14-16-6-2-1-3-7-16/h1-3,6-7,17-18H,4-5,8-9,11-15H2/t17-,18+/m0/s1. The van der Waals surface area contributed by atoms with Gasteiger partial charge in [0.25, 0.3) is 0 Å². The quantitative estimate of drug-likeness (QED) is 0.745. The highest BCUT2D eigenvalue weighted by atomic mass is 32.2. The van der Waals surface area contributed by atoms with E-state index in [0.29, 0.717) is 23.6 Å². The number of rotatable bonds is 6. The molecule has 0 bridgehead atoms. The molecule has 0 N–H and O–H groups in total. The third-order valence-corrected chi connectivity index (χ3v) is 5.88. The van der Waals surface area contributed by atoms with Gasteiger partial charge >= 0.3 is 0 Å². The Kier molecular flexibility index (Phi) is 6.17. The molecule has 5 heteroatoms. The van der Waals surface area contributed by atoms with Crippen molar-refractivity contribution in [1.82, 2.24) is 9.80 Å². The topological polar surface area (TPSA) is 47.3 Å². The first kappa shape index (κ1) is 17.3. The molecule has 2 saturated heterocycles. The van der Waals surface area contributed by atoms with Gasteiger partial charge < -0.3 is 4.90 Å². The van der Waals surface area contributed by atoms with E-state index in [-0.39, 0.29) is 5.91 Å². The normalized spacial score (nSPS) is 24.2. The molecule has 0 unspecified atom stereocenters. The van der Waals surface area contributed by atoms with Crippen LogP contribution in [-0.4, -0.2) is 52.4 Å². The first-order valence-corrected chi connectivity index (χ1v) is 9.97. The number of nitriles is 1. The van der Waals surface area contributed by atoms with Crippen LogP contribution in [0.25, 0.3) is 0 Å². The predicted molar refractivity (Wildman–Crippen MR) is 97.5 cm³/mol. The van der Waals surface area contributed by atoms with Crippen LogP contribution < -0.4 is 0 Å². The Balaban J connectivity index is 1.62. The molecule has 3 rings (SSSR count). The van der Waals surface area contributed by atoms with E-state index >= 15 is 0 Å². The molecule has 1 amide bonds. The molecule has 2 heterocycles. The zero-order valence-corrected chi connectivity index (χ0v) is 14.9. The van der Waals surface area contributed by atoms with Crippen molar-refractivity contribution in [3.8, 4) is 6.07 Å². The zero-order valence-electron chi connectivity index (χ0n) is 14.1. The third-order valence-electron chi connectivity index (χ3n) is 5.10. The summed E-state index contributed by atoms with van der Waals surface area (Å²) in [4.78, 5) is 17.2. The van der Waals surface area contributed by atoms with E-state index in [4.69, 9.17) is 5.26 Å². The van der Waals surface area contributed by atoms with Crippen molar-refractivity contribution >= 4 is 17.7 Å². The average molecular weight is 343 g/mol. The minimum atomic E-state index is 0.212. The molecule has 2 aliphatic heterocycles. The van der Waals surface area contributed by atoms with Gasteiger partial charge in [-0.1, -0.05) is 30.3 Å². The second-order valence-electron chi connectivity index (χ2n) is 6.61. The summed E-state index contributed by atoms with van der Waals surface area (Å²) >= 11 is 1.43. The van der Waals surface area contributed by atoms with Gasteiger partial charge in [-0.25, -0.2) is 0 Å². The second kappa shape index (κ2) is 8.55. The van der Waals surface area contributed by atoms with Crippen LogP contribution >= 0.6 is 11.8 Å². The molecular weight excluding hydrogens is 318 g/mol. The lowest BCUT2D eigenvalue weighted by Gasteiger charge is -2.35. The maximum atomic E-state index is 12.5. The summed E-state index contributed by atoms with van der Waals surface area (Å²) in [7, 11) is 0. The number of carbonyl (C=O) groups is 1. The van der Waals surface area contributed by atoms with Gasteiger partial charge in [0.15, 0.2) is 0 Å². The number of benzene rings is 1. The summed E-state index contributed by atoms with van der Waals surface area (Å²) in [5, 5.41) is 8.64. The lowest BCUT2D eigenvalue weighted by atomic mass is 10.0. The highest BCUT2D eigenvalue weighted by Gasteiger charge is 2.39. The first-order chi connectivity index (χ1) is 11.8. The monoisotopic (exact) mass is 343 g/mol. The van der Waals surface area contributed by atoms with Crippen LogP contribution in [-0.2, 0) is 11.3 Å². The van der Waals surface area contributed by atoms with Gasteiger partial charge in [-0.3, -0.25) is 9.69 Å². The molecule has 0 aliphatic carbocycles. The molecule has 2 aliphatic rings. The van der Waals surface area contributed by atoms with Gasteiger partial charge in [0, 0.05) is 25.2 Å². The summed E-state index contributed by atoms with van der Waals surface area (Å²) in [6.45, 7) is 2.99. The van der Waals surface area contributed by atoms with Crippen LogP contribution in [0.5, 0.6) is 0 Å². The van der Waals surface area contributed by atoms with Crippen molar-refractivity contribution in [3.05, 3.63) is 35.9 Å². The number of carbonyl (C=O) groups excluding carboxylic acids is 1. The van der Waals surface area contributed by atoms with E-state index in [1.807, 2.05) is 0 Å². The van der Waals surface area contributed by atoms with Crippen molar-refractivity contribution in [2.24, 2.45) is 0 Å². The molecule has 128 valence electrons. The third kappa shape index (κ3) is 4.12. The molecule has 4 nitrogen and oxygen atoms in total. The van der Waals surface area contributed by atoms with Crippen LogP contribution in [0, 0.1) is 11.3 Å². The Morgan fingerprint density at radius 3 is 2.71 bits per heavy atom. The van der Waals surface area contributed by atoms with E-state index in [9.17, 15) is 4.79 Å². The fraction of sp³-hybridized carbons (Fsp3) is 0.579. The maximum Gasteiger partial charge on any atom is 0.232 e. The average Bonchev–Trinajstić information content (AvgIpc) is 3.24. The van der Waals surface area contributed by atoms with E-state index in [1.54, 1.807) is 0 Å². The highest BCUT2D eigenvalue weighted by molar-refractivity contribution is 8.00. The van der Waals surface area contributed by atoms with Crippen molar-refractivity contribution in [3.63, 3.8) is 0 Å². The fourth-order valence-corrected chi connectivity index (χ4v) is 4.60. The molecule has 0 saturated carbocycles. The lowest BCUT2D eigenvalue weighted by molar-refractivity contribution is -0.130. The van der Waals surface area contributed by atoms with Crippen LogP contribution in [0.3, 0.4) is 0 Å². The van der Waals surface area contributed by atoms with E-state index in [1.165, 1.54) is 30.2 Å². The molecule has 0 aromatic heterocycles. The molecule has 24 heavy (non-hydrogen) atoms. The number of nitrogens with zero attached hydrogens (tertiary/aromatic N) is 3. The predicted octanol–water partition coefficient (Wildman–Crippen LogP) is 2.90. The Bertz CT molecular complexity index is 586. The number of thioether (sulfide) groups is 1. The van der Waals surface area contributed by atoms with Gasteiger partial charge in [-0.2, -0.15) is 5.26 Å². The Morgan fingerprint density at radius 1 is 1.17 bits per heavy atom. The number of amides is 1. The molecule has 0 radical (unpaired) electrons. The summed E-state index contributed by atoms with van der Waals surface area (Å²) in [6, 6.07) is 13.6. The summed E-state index contributed by atoms with van der Waals surface area (Å²) in [6.07, 6.45) is 4.63. The maximum absolute atomic E-state index is 12.5. The van der Waals surface area contributed by atoms with Crippen LogP contribution in [0.15, 0.2) is 30.3 Å². The lowest BCUT2D eigenvalue weighted by Crippen LogP contribution is -2.48. The van der Waals surface area contributed by atoms with Crippen LogP contribution in [0.4, 0.5) is 0 Å². The summed E-state index contributed by atoms with van der Waals surface area (Å²) < 4.78 is 0. The second-order valence-corrected chi connectivity index (χ2v) is 7.60. The summed E-state index contributed by atoms with van der Waals surface area (Å²) in [5.41, 5.74) is 1.35. The zero-order chi connectivity index (χ0) is 16.8. The van der Waals surface area contributed by atoms with Crippen molar-refractivity contribution in [2.45, 2.75) is 44.3 Å². The van der Waals surface area contributed by atoms with Gasteiger partial charge in [-0.15, -0.1) is 11.8 Å². The van der Waals surface area contributed by atoms with Crippen LogP contribution in [0.2, 0.25) is 0 Å². The van der Waals surface area contributed by atoms with Gasteiger partial charge in [-0.05, 0) is 37.8 Å². The largest absolute Gasteiger partial charge is 0.337 e. The summed E-state index contributed by atoms with van der Waals surface area (Å²) in [5.74, 6) is 1.05. The van der Waals surface area contributed by atoms with Crippen molar-refractivity contribution in [1.29, 1.82) is 5.26 Å². The van der Waals surface area contributed by atoms with E-state index in [0.717, 1.165) is 32.5 Å². The SMILES string of the molecule is N#CCSCC(=O)N1CCC[C@@H]1[C@@H]1CCCN1Cc1ccccc1. The molecule has 2 fully saturated rings. The highest BCUT2D eigenvalue weighted by Crippen LogP contribution is 2.31.